The number of hydrogen-bond acceptors (Lipinski definition) is 1. The van der Waals surface area contributed by atoms with Crippen molar-refractivity contribution in [3.8, 4) is 0 Å². The van der Waals surface area contributed by atoms with Crippen LogP contribution in [-0.2, 0) is 0 Å². The van der Waals surface area contributed by atoms with Gasteiger partial charge in [-0.25, -0.2) is 0 Å². The van der Waals surface area contributed by atoms with E-state index in [0.29, 0.717) is 0 Å². The Labute approximate surface area is 87.3 Å². The Morgan fingerprint density at radius 1 is 1.20 bits per heavy atom. The molecule has 0 fully saturated rings. The summed E-state index contributed by atoms with van der Waals surface area (Å²) in [5.74, 6) is 0. The van der Waals surface area contributed by atoms with Crippen LogP contribution in [0, 0.1) is 0 Å². The number of amidine groups is 1. The van der Waals surface area contributed by atoms with Gasteiger partial charge in [-0.3, -0.25) is 9.48 Å². The SMILES string of the molecule is CN1CC[N+](C)=C1Cl.F[P-](F)(F)(F)(F)F. The molecule has 0 aromatic heterocycles. The van der Waals surface area contributed by atoms with Crippen molar-refractivity contribution in [2.75, 3.05) is 27.2 Å². The van der Waals surface area contributed by atoms with Crippen molar-refractivity contribution in [3.05, 3.63) is 0 Å². The van der Waals surface area contributed by atoms with E-state index in [-0.39, 0.29) is 0 Å². The van der Waals surface area contributed by atoms with Gasteiger partial charge in [0, 0.05) is 11.6 Å². The third-order valence-corrected chi connectivity index (χ3v) is 1.98. The van der Waals surface area contributed by atoms with Crippen LogP contribution in [0.4, 0.5) is 25.2 Å². The number of nitrogens with zero attached hydrogens (tertiary/aromatic N) is 2. The number of halogens is 7. The molecule has 0 N–H and O–H groups in total. The molecular formula is C5H10ClF6N2P. The van der Waals surface area contributed by atoms with Crippen molar-refractivity contribution in [3.63, 3.8) is 0 Å². The normalized spacial score (nSPS) is 21.8. The molecule has 0 saturated carbocycles. The zero-order chi connectivity index (χ0) is 12.6. The fraction of sp³-hybridized carbons (Fsp3) is 0.800. The van der Waals surface area contributed by atoms with E-state index in [1.54, 1.807) is 0 Å². The third-order valence-electron chi connectivity index (χ3n) is 1.40. The molecule has 0 amide bonds. The van der Waals surface area contributed by atoms with E-state index in [2.05, 4.69) is 0 Å². The van der Waals surface area contributed by atoms with Crippen LogP contribution in [0.25, 0.3) is 0 Å². The van der Waals surface area contributed by atoms with Gasteiger partial charge in [-0.15, -0.1) is 0 Å². The molecule has 2 nitrogen and oxygen atoms in total. The van der Waals surface area contributed by atoms with E-state index in [1.807, 2.05) is 23.6 Å². The molecular weight excluding hydrogens is 268 g/mol. The fourth-order valence-corrected chi connectivity index (χ4v) is 0.945. The van der Waals surface area contributed by atoms with E-state index in [0.717, 1.165) is 18.4 Å². The molecule has 0 unspecified atom stereocenters. The van der Waals surface area contributed by atoms with Gasteiger partial charge in [0.25, 0.3) is 0 Å². The average molecular weight is 279 g/mol. The van der Waals surface area contributed by atoms with E-state index < -0.39 is 7.81 Å². The van der Waals surface area contributed by atoms with Crippen molar-refractivity contribution < 1.29 is 29.8 Å². The molecule has 1 aliphatic heterocycles. The van der Waals surface area contributed by atoms with Gasteiger partial charge in [0.2, 0.25) is 0 Å². The Kier molecular flexibility index (Phi) is 3.33. The Bertz CT molecular complexity index is 270. The van der Waals surface area contributed by atoms with Gasteiger partial charge < -0.3 is 0 Å². The maximum absolute atomic E-state index is 10.7. The third kappa shape index (κ3) is 11.7. The first-order chi connectivity index (χ1) is 6.16. The quantitative estimate of drug-likeness (QED) is 0.284. The molecule has 0 spiro atoms. The second-order valence-electron chi connectivity index (χ2n) is 3.07. The van der Waals surface area contributed by atoms with Crippen LogP contribution in [0.15, 0.2) is 0 Å². The molecule has 0 radical (unpaired) electrons. The molecule has 10 heteroatoms. The Morgan fingerprint density at radius 3 is 1.60 bits per heavy atom. The van der Waals surface area contributed by atoms with E-state index in [1.165, 1.54) is 0 Å². The van der Waals surface area contributed by atoms with Crippen molar-refractivity contribution in [1.82, 2.24) is 4.90 Å². The van der Waals surface area contributed by atoms with Crippen LogP contribution in [0.2, 0.25) is 0 Å². The first-order valence-electron chi connectivity index (χ1n) is 3.68. The van der Waals surface area contributed by atoms with E-state index in [4.69, 9.17) is 11.6 Å². The molecule has 94 valence electrons. The number of rotatable bonds is 0. The fourth-order valence-electron chi connectivity index (χ4n) is 0.776. The second kappa shape index (κ2) is 3.38. The second-order valence-corrected chi connectivity index (χ2v) is 5.33. The van der Waals surface area contributed by atoms with Crippen LogP contribution in [0.3, 0.4) is 0 Å². The van der Waals surface area contributed by atoms with E-state index >= 15 is 0 Å². The first kappa shape index (κ1) is 14.8. The molecule has 0 atom stereocenters. The topological polar surface area (TPSA) is 6.25 Å². The standard InChI is InChI=1S/C5H10ClN2.F6P/c1-7-3-4-8(2)5(7)6;1-7(2,3,4,5)6/h3-4H2,1-2H3;/q+1;-1. The monoisotopic (exact) mass is 278 g/mol. The predicted molar refractivity (Wildman–Crippen MR) is 48.1 cm³/mol. The van der Waals surface area contributed by atoms with Crippen LogP contribution in [-0.4, -0.2) is 42.0 Å². The number of likely N-dealkylation sites (N-methyl/N-ethyl adjacent to an activating group) is 2. The van der Waals surface area contributed by atoms with Crippen LogP contribution in [0.1, 0.15) is 0 Å². The minimum atomic E-state index is -10.7. The van der Waals surface area contributed by atoms with Crippen molar-refractivity contribution in [2.24, 2.45) is 0 Å². The summed E-state index contributed by atoms with van der Waals surface area (Å²) in [5, 5.41) is 0.852. The van der Waals surface area contributed by atoms with Crippen LogP contribution in [0.5, 0.6) is 0 Å². The van der Waals surface area contributed by atoms with Gasteiger partial charge in [0.05, 0.1) is 14.1 Å². The summed E-state index contributed by atoms with van der Waals surface area (Å²) in [6.07, 6.45) is 0. The molecule has 1 rings (SSSR count). The van der Waals surface area contributed by atoms with Crippen LogP contribution >= 0.6 is 19.4 Å². The predicted octanol–water partition coefficient (Wildman–Crippen LogP) is 3.55. The van der Waals surface area contributed by atoms with Gasteiger partial charge in [0.15, 0.2) is 0 Å². The van der Waals surface area contributed by atoms with Gasteiger partial charge in [-0.2, -0.15) is 0 Å². The zero-order valence-corrected chi connectivity index (χ0v) is 9.55. The van der Waals surface area contributed by atoms with Gasteiger partial charge in [0.1, 0.15) is 13.1 Å². The zero-order valence-electron chi connectivity index (χ0n) is 7.90. The van der Waals surface area contributed by atoms with E-state index in [9.17, 15) is 25.2 Å². The summed E-state index contributed by atoms with van der Waals surface area (Å²) in [4.78, 5) is 2.03. The summed E-state index contributed by atoms with van der Waals surface area (Å²) in [7, 11) is -6.67. The summed E-state index contributed by atoms with van der Waals surface area (Å²) in [6, 6.07) is 0. The molecule has 0 saturated heterocycles. The summed E-state index contributed by atoms with van der Waals surface area (Å²) < 4.78 is 61.2. The Hall–Kier alpha value is -0.230. The minimum absolute atomic E-state index is 0.852. The molecule has 0 bridgehead atoms. The Morgan fingerprint density at radius 2 is 1.53 bits per heavy atom. The number of hydrogen-bond donors (Lipinski definition) is 0. The van der Waals surface area contributed by atoms with Crippen molar-refractivity contribution in [2.45, 2.75) is 0 Å². The van der Waals surface area contributed by atoms with Gasteiger partial charge in [-0.1, -0.05) is 0 Å². The average Bonchev–Trinajstić information content (AvgIpc) is 2.13. The summed E-state index contributed by atoms with van der Waals surface area (Å²) >= 11 is 5.78. The Balaban J connectivity index is 0.000000265. The molecule has 0 aromatic rings. The molecule has 15 heavy (non-hydrogen) atoms. The summed E-state index contributed by atoms with van der Waals surface area (Å²) in [5.41, 5.74) is 0. The van der Waals surface area contributed by atoms with Crippen molar-refractivity contribution >= 4 is 24.7 Å². The maximum atomic E-state index is 9.87. The van der Waals surface area contributed by atoms with Gasteiger partial charge in [-0.05, 0) is 0 Å². The molecule has 1 heterocycles. The van der Waals surface area contributed by atoms with Crippen molar-refractivity contribution in [1.29, 1.82) is 0 Å². The molecule has 0 aliphatic carbocycles. The van der Waals surface area contributed by atoms with Gasteiger partial charge >= 0.3 is 38.3 Å². The van der Waals surface area contributed by atoms with Crippen LogP contribution < -0.4 is 0 Å². The summed E-state index contributed by atoms with van der Waals surface area (Å²) in [6.45, 7) is 2.10. The molecule has 0 aromatic carbocycles. The molecule has 1 aliphatic rings. The first-order valence-corrected chi connectivity index (χ1v) is 6.08.